The first-order valence-electron chi connectivity index (χ1n) is 7.61. The molecule has 0 fully saturated rings. The highest BCUT2D eigenvalue weighted by Gasteiger charge is 2.30. The van der Waals surface area contributed by atoms with Gasteiger partial charge < -0.3 is 10.3 Å². The number of aromatic nitrogens is 2. The Labute approximate surface area is 125 Å². The Morgan fingerprint density at radius 3 is 2.67 bits per heavy atom. The van der Waals surface area contributed by atoms with Crippen LogP contribution in [-0.4, -0.2) is 10.1 Å². The fourth-order valence-corrected chi connectivity index (χ4v) is 2.83. The van der Waals surface area contributed by atoms with Crippen molar-refractivity contribution in [2.24, 2.45) is 11.1 Å². The predicted octanol–water partition coefficient (Wildman–Crippen LogP) is 3.39. The van der Waals surface area contributed by atoms with Crippen LogP contribution in [0.4, 0.5) is 0 Å². The second kappa shape index (κ2) is 5.26. The summed E-state index contributed by atoms with van der Waals surface area (Å²) >= 11 is 0. The van der Waals surface area contributed by atoms with E-state index in [0.29, 0.717) is 11.8 Å². The quantitative estimate of drug-likeness (QED) is 0.918. The summed E-state index contributed by atoms with van der Waals surface area (Å²) in [5.74, 6) is 1.69. The highest BCUT2D eigenvalue weighted by atomic mass is 16.5. The molecule has 2 N–H and O–H groups in total. The van der Waals surface area contributed by atoms with E-state index in [1.54, 1.807) is 0 Å². The van der Waals surface area contributed by atoms with Gasteiger partial charge in [-0.15, -0.1) is 0 Å². The monoisotopic (exact) mass is 285 g/mol. The van der Waals surface area contributed by atoms with Crippen LogP contribution in [0, 0.1) is 5.41 Å². The highest BCUT2D eigenvalue weighted by Crippen LogP contribution is 2.33. The first-order valence-corrected chi connectivity index (χ1v) is 7.61. The van der Waals surface area contributed by atoms with E-state index in [2.05, 4.69) is 55.2 Å². The van der Waals surface area contributed by atoms with Gasteiger partial charge in [0.05, 0.1) is 6.04 Å². The molecular formula is C17H23N3O. The van der Waals surface area contributed by atoms with Crippen LogP contribution >= 0.6 is 0 Å². The molecular weight excluding hydrogens is 262 g/mol. The maximum atomic E-state index is 6.20. The average Bonchev–Trinajstić information content (AvgIpc) is 2.94. The third kappa shape index (κ3) is 2.86. The summed E-state index contributed by atoms with van der Waals surface area (Å²) in [6.07, 6.45) is 3.14. The first kappa shape index (κ1) is 14.3. The van der Waals surface area contributed by atoms with E-state index in [4.69, 9.17) is 10.3 Å². The largest absolute Gasteiger partial charge is 0.338 e. The number of fused-ring (bicyclic) bond motifs is 1. The second-order valence-corrected chi connectivity index (χ2v) is 7.04. The maximum Gasteiger partial charge on any atom is 0.244 e. The Balaban J connectivity index is 1.79. The fraction of sp³-hybridized carbons (Fsp3) is 0.529. The summed E-state index contributed by atoms with van der Waals surface area (Å²) in [5.41, 5.74) is 8.97. The van der Waals surface area contributed by atoms with Crippen LogP contribution in [0.5, 0.6) is 0 Å². The molecule has 0 spiro atoms. The summed E-state index contributed by atoms with van der Waals surface area (Å²) in [4.78, 5) is 4.57. The van der Waals surface area contributed by atoms with E-state index < -0.39 is 0 Å². The number of nitrogens with zero attached hydrogens (tertiary/aromatic N) is 2. The molecule has 21 heavy (non-hydrogen) atoms. The Morgan fingerprint density at radius 1 is 1.24 bits per heavy atom. The van der Waals surface area contributed by atoms with E-state index in [0.717, 1.165) is 25.1 Å². The number of hydrogen-bond donors (Lipinski definition) is 1. The third-order valence-electron chi connectivity index (χ3n) is 4.37. The van der Waals surface area contributed by atoms with E-state index in [9.17, 15) is 0 Å². The lowest BCUT2D eigenvalue weighted by Gasteiger charge is -2.23. The summed E-state index contributed by atoms with van der Waals surface area (Å²) in [6.45, 7) is 6.25. The lowest BCUT2D eigenvalue weighted by atomic mass is 9.83. The molecule has 3 rings (SSSR count). The van der Waals surface area contributed by atoms with Gasteiger partial charge in [0.1, 0.15) is 0 Å². The first-order chi connectivity index (χ1) is 9.95. The molecule has 1 aliphatic rings. The van der Waals surface area contributed by atoms with Crippen molar-refractivity contribution in [2.45, 2.75) is 52.0 Å². The number of benzene rings is 1. The minimum absolute atomic E-state index is 0.0804. The van der Waals surface area contributed by atoms with Crippen molar-refractivity contribution >= 4 is 0 Å². The van der Waals surface area contributed by atoms with E-state index in [-0.39, 0.29) is 11.5 Å². The average molecular weight is 285 g/mol. The zero-order chi connectivity index (χ0) is 15.0. The van der Waals surface area contributed by atoms with Crippen LogP contribution in [0.2, 0.25) is 0 Å². The van der Waals surface area contributed by atoms with Gasteiger partial charge in [-0.2, -0.15) is 4.98 Å². The predicted molar refractivity (Wildman–Crippen MR) is 81.9 cm³/mol. The molecule has 1 aliphatic carbocycles. The standard InChI is InChI=1S/C17H23N3O/c1-17(2,3)14(18)16-19-15(20-21-16)13-9-8-11-6-4-5-7-12(11)10-13/h4-7,13-14H,8-10,18H2,1-3H3/t13?,14-/m1/s1. The zero-order valence-electron chi connectivity index (χ0n) is 13.0. The van der Waals surface area contributed by atoms with Gasteiger partial charge in [0.15, 0.2) is 5.82 Å². The third-order valence-corrected chi connectivity index (χ3v) is 4.37. The lowest BCUT2D eigenvalue weighted by molar-refractivity contribution is 0.252. The molecule has 1 heterocycles. The van der Waals surface area contributed by atoms with Gasteiger partial charge in [0.25, 0.3) is 0 Å². The van der Waals surface area contributed by atoms with Crippen LogP contribution in [-0.2, 0) is 12.8 Å². The minimum Gasteiger partial charge on any atom is -0.338 e. The molecule has 0 saturated carbocycles. The van der Waals surface area contributed by atoms with Gasteiger partial charge >= 0.3 is 0 Å². The van der Waals surface area contributed by atoms with Crippen molar-refractivity contribution in [1.29, 1.82) is 0 Å². The fourth-order valence-electron chi connectivity index (χ4n) is 2.83. The van der Waals surface area contributed by atoms with Crippen molar-refractivity contribution in [3.05, 3.63) is 47.1 Å². The van der Waals surface area contributed by atoms with Gasteiger partial charge in [-0.3, -0.25) is 0 Å². The van der Waals surface area contributed by atoms with Gasteiger partial charge in [0.2, 0.25) is 5.89 Å². The van der Waals surface area contributed by atoms with Crippen molar-refractivity contribution in [1.82, 2.24) is 10.1 Å². The van der Waals surface area contributed by atoms with Crippen molar-refractivity contribution < 1.29 is 4.52 Å². The number of rotatable bonds is 2. The topological polar surface area (TPSA) is 64.9 Å². The molecule has 0 amide bonds. The molecule has 1 aromatic carbocycles. The van der Waals surface area contributed by atoms with E-state index in [1.165, 1.54) is 11.1 Å². The Bertz CT molecular complexity index is 627. The highest BCUT2D eigenvalue weighted by molar-refractivity contribution is 5.31. The van der Waals surface area contributed by atoms with Crippen molar-refractivity contribution in [3.63, 3.8) is 0 Å². The molecule has 4 nitrogen and oxygen atoms in total. The minimum atomic E-state index is -0.227. The normalized spacial score (nSPS) is 20.1. The summed E-state index contributed by atoms with van der Waals surface area (Å²) < 4.78 is 5.41. The molecule has 2 aromatic rings. The van der Waals surface area contributed by atoms with Crippen molar-refractivity contribution in [2.75, 3.05) is 0 Å². The van der Waals surface area contributed by atoms with E-state index >= 15 is 0 Å². The number of hydrogen-bond acceptors (Lipinski definition) is 4. The number of nitrogens with two attached hydrogens (primary N) is 1. The summed E-state index contributed by atoms with van der Waals surface area (Å²) in [6, 6.07) is 8.38. The maximum absolute atomic E-state index is 6.20. The van der Waals surface area contributed by atoms with Gasteiger partial charge in [-0.25, -0.2) is 0 Å². The SMILES string of the molecule is CC(C)(C)[C@H](N)c1nc(C2CCc3ccccc3C2)no1. The molecule has 0 aliphatic heterocycles. The molecule has 0 saturated heterocycles. The Morgan fingerprint density at radius 2 is 1.95 bits per heavy atom. The molecule has 112 valence electrons. The van der Waals surface area contributed by atoms with Gasteiger partial charge in [0, 0.05) is 5.92 Å². The molecule has 1 unspecified atom stereocenters. The molecule has 0 bridgehead atoms. The van der Waals surface area contributed by atoms with Crippen LogP contribution in [0.25, 0.3) is 0 Å². The van der Waals surface area contributed by atoms with Gasteiger partial charge in [-0.1, -0.05) is 50.2 Å². The lowest BCUT2D eigenvalue weighted by Crippen LogP contribution is -2.26. The Kier molecular flexibility index (Phi) is 3.57. The van der Waals surface area contributed by atoms with Crippen LogP contribution in [0.15, 0.2) is 28.8 Å². The smallest absolute Gasteiger partial charge is 0.244 e. The Hall–Kier alpha value is -1.68. The summed E-state index contributed by atoms with van der Waals surface area (Å²) in [7, 11) is 0. The number of aryl methyl sites for hydroxylation is 1. The second-order valence-electron chi connectivity index (χ2n) is 7.04. The van der Waals surface area contributed by atoms with Crippen LogP contribution < -0.4 is 5.73 Å². The zero-order valence-corrected chi connectivity index (χ0v) is 13.0. The van der Waals surface area contributed by atoms with Crippen LogP contribution in [0.1, 0.15) is 62.0 Å². The molecule has 2 atom stereocenters. The summed E-state index contributed by atoms with van der Waals surface area (Å²) in [5, 5.41) is 4.18. The van der Waals surface area contributed by atoms with Crippen molar-refractivity contribution in [3.8, 4) is 0 Å². The van der Waals surface area contributed by atoms with Crippen LogP contribution in [0.3, 0.4) is 0 Å². The molecule has 1 aromatic heterocycles. The molecule has 0 radical (unpaired) electrons. The van der Waals surface area contributed by atoms with Gasteiger partial charge in [-0.05, 0) is 35.8 Å². The molecule has 4 heteroatoms. The van der Waals surface area contributed by atoms with E-state index in [1.807, 2.05) is 0 Å².